The summed E-state index contributed by atoms with van der Waals surface area (Å²) in [4.78, 5) is 30.5. The average Bonchev–Trinajstić information content (AvgIpc) is 3.24. The van der Waals surface area contributed by atoms with Crippen LogP contribution in [0.1, 0.15) is 52.0 Å². The van der Waals surface area contributed by atoms with E-state index >= 15 is 0 Å². The predicted molar refractivity (Wildman–Crippen MR) is 134 cm³/mol. The van der Waals surface area contributed by atoms with E-state index in [1.54, 1.807) is 18.2 Å². The molecule has 1 aliphatic rings. The molecule has 38 heavy (non-hydrogen) atoms. The lowest BCUT2D eigenvalue weighted by atomic mass is 10.1. The topological polar surface area (TPSA) is 102 Å². The molecule has 0 aromatic carbocycles. The second-order valence-corrected chi connectivity index (χ2v) is 9.95. The van der Waals surface area contributed by atoms with Gasteiger partial charge in [-0.15, -0.1) is 0 Å². The number of anilines is 2. The van der Waals surface area contributed by atoms with Crippen LogP contribution in [0.25, 0.3) is 11.1 Å². The van der Waals surface area contributed by atoms with E-state index in [-0.39, 0.29) is 30.7 Å². The van der Waals surface area contributed by atoms with E-state index in [1.807, 2.05) is 34.6 Å². The van der Waals surface area contributed by atoms with Crippen molar-refractivity contribution in [3.8, 4) is 11.1 Å². The molecule has 12 heteroatoms. The summed E-state index contributed by atoms with van der Waals surface area (Å²) in [5.41, 5.74) is 0.149. The molecule has 3 atom stereocenters. The summed E-state index contributed by atoms with van der Waals surface area (Å²) >= 11 is 0. The second kappa shape index (κ2) is 10.5. The van der Waals surface area contributed by atoms with E-state index in [1.165, 1.54) is 23.4 Å². The van der Waals surface area contributed by atoms with Crippen LogP contribution < -0.4 is 10.2 Å². The van der Waals surface area contributed by atoms with Crippen LogP contribution in [0.15, 0.2) is 48.9 Å². The molecular weight excluding hydrogens is 501 g/mol. The van der Waals surface area contributed by atoms with Crippen molar-refractivity contribution in [3.63, 3.8) is 0 Å². The first-order valence-electron chi connectivity index (χ1n) is 12.0. The van der Waals surface area contributed by atoms with E-state index in [0.29, 0.717) is 22.6 Å². The van der Waals surface area contributed by atoms with Gasteiger partial charge < -0.3 is 14.8 Å². The fraction of sp³-hybridized carbons (Fsp3) is 0.423. The number of aromatic nitrogens is 4. The molecule has 1 amide bonds. The zero-order valence-corrected chi connectivity index (χ0v) is 21.7. The Morgan fingerprint density at radius 1 is 1.05 bits per heavy atom. The van der Waals surface area contributed by atoms with Crippen LogP contribution in [0, 0.1) is 0 Å². The van der Waals surface area contributed by atoms with Crippen LogP contribution in [0.4, 0.5) is 29.7 Å². The molecule has 1 fully saturated rings. The molecule has 202 valence electrons. The summed E-state index contributed by atoms with van der Waals surface area (Å²) in [6.45, 7) is 9.74. The number of cyclic esters (lactones) is 1. The first-order valence-corrected chi connectivity index (χ1v) is 12.0. The number of ether oxygens (including phenoxy) is 2. The SMILES string of the molecule is C[C@H](Nc1nccc(N2C(=O)OC[C@@H]2[C@@H](C)OC(C)(C)C)n1)c1ccc(-c2ccnc(C(F)(F)F)c2)cn1. The van der Waals surface area contributed by atoms with Crippen molar-refractivity contribution in [2.75, 3.05) is 16.8 Å². The van der Waals surface area contributed by atoms with Crippen molar-refractivity contribution in [2.45, 2.75) is 64.6 Å². The van der Waals surface area contributed by atoms with Crippen LogP contribution in [0.3, 0.4) is 0 Å². The van der Waals surface area contributed by atoms with Gasteiger partial charge in [-0.1, -0.05) is 6.07 Å². The Morgan fingerprint density at radius 3 is 2.45 bits per heavy atom. The van der Waals surface area contributed by atoms with Gasteiger partial charge >= 0.3 is 12.3 Å². The van der Waals surface area contributed by atoms with Crippen LogP contribution in [-0.4, -0.2) is 50.4 Å². The molecule has 1 aliphatic heterocycles. The molecule has 1 N–H and O–H groups in total. The number of halogens is 3. The molecular formula is C26H29F3N6O3. The van der Waals surface area contributed by atoms with Gasteiger partial charge in [0.2, 0.25) is 5.95 Å². The summed E-state index contributed by atoms with van der Waals surface area (Å²) in [5.74, 6) is 0.640. The van der Waals surface area contributed by atoms with E-state index in [9.17, 15) is 18.0 Å². The van der Waals surface area contributed by atoms with E-state index in [0.717, 1.165) is 12.3 Å². The third-order valence-electron chi connectivity index (χ3n) is 5.83. The fourth-order valence-electron chi connectivity index (χ4n) is 4.10. The number of rotatable bonds is 7. The number of amides is 1. The lowest BCUT2D eigenvalue weighted by molar-refractivity contribution is -0.141. The second-order valence-electron chi connectivity index (χ2n) is 9.95. The summed E-state index contributed by atoms with van der Waals surface area (Å²) in [6.07, 6.45) is -1.19. The van der Waals surface area contributed by atoms with Gasteiger partial charge in [0.15, 0.2) is 0 Å². The Labute approximate surface area is 218 Å². The quantitative estimate of drug-likeness (QED) is 0.418. The van der Waals surface area contributed by atoms with E-state index in [2.05, 4.69) is 25.3 Å². The number of hydrogen-bond acceptors (Lipinski definition) is 8. The minimum absolute atomic E-state index is 0.178. The Hall–Kier alpha value is -3.80. The Balaban J connectivity index is 1.48. The third-order valence-corrected chi connectivity index (χ3v) is 5.83. The molecule has 0 spiro atoms. The van der Waals surface area contributed by atoms with E-state index in [4.69, 9.17) is 9.47 Å². The molecule has 0 unspecified atom stereocenters. The van der Waals surface area contributed by atoms with Gasteiger partial charge in [-0.05, 0) is 64.4 Å². The monoisotopic (exact) mass is 530 g/mol. The number of alkyl halides is 3. The molecule has 0 bridgehead atoms. The number of pyridine rings is 2. The standard InChI is InChI=1S/C26H29F3N6O3/c1-15(19-7-6-18(13-32-19)17-8-10-30-21(12-17)26(27,28)29)33-23-31-11-9-22(34-23)35-20(14-37-24(35)36)16(2)38-25(3,4)5/h6-13,15-16,20H,14H2,1-5H3,(H,31,33,34)/t15-,16+,20+/m0/s1. The molecule has 1 saturated heterocycles. The highest BCUT2D eigenvalue weighted by Crippen LogP contribution is 2.31. The Morgan fingerprint density at radius 2 is 1.79 bits per heavy atom. The number of nitrogens with zero attached hydrogens (tertiary/aromatic N) is 5. The maximum Gasteiger partial charge on any atom is 0.433 e. The molecule has 4 heterocycles. The van der Waals surface area contributed by atoms with Gasteiger partial charge in [0, 0.05) is 24.2 Å². The van der Waals surface area contributed by atoms with Crippen molar-refractivity contribution >= 4 is 17.9 Å². The molecule has 3 aromatic rings. The molecule has 9 nitrogen and oxygen atoms in total. The molecule has 0 saturated carbocycles. The number of carbonyl (C=O) groups is 1. The Kier molecular flexibility index (Phi) is 7.54. The molecule has 0 aliphatic carbocycles. The van der Waals surface area contributed by atoms with Crippen LogP contribution in [0.5, 0.6) is 0 Å². The minimum Gasteiger partial charge on any atom is -0.447 e. The summed E-state index contributed by atoms with van der Waals surface area (Å²) in [6, 6.07) is 6.81. The van der Waals surface area contributed by atoms with E-state index < -0.39 is 23.6 Å². The molecule has 4 rings (SSSR count). The minimum atomic E-state index is -4.53. The van der Waals surface area contributed by atoms with Crippen molar-refractivity contribution < 1.29 is 27.4 Å². The fourth-order valence-corrected chi connectivity index (χ4v) is 4.10. The van der Waals surface area contributed by atoms with Crippen molar-refractivity contribution in [1.29, 1.82) is 0 Å². The van der Waals surface area contributed by atoms with Gasteiger partial charge in [0.1, 0.15) is 24.2 Å². The van der Waals surface area contributed by atoms with Gasteiger partial charge in [-0.3, -0.25) is 14.9 Å². The van der Waals surface area contributed by atoms with Gasteiger partial charge in [0.05, 0.1) is 23.4 Å². The summed E-state index contributed by atoms with van der Waals surface area (Å²) < 4.78 is 50.3. The molecule has 3 aromatic heterocycles. The van der Waals surface area contributed by atoms with Crippen LogP contribution in [-0.2, 0) is 15.7 Å². The van der Waals surface area contributed by atoms with Gasteiger partial charge in [-0.2, -0.15) is 18.2 Å². The predicted octanol–water partition coefficient (Wildman–Crippen LogP) is 5.65. The highest BCUT2D eigenvalue weighted by Gasteiger charge is 2.40. The van der Waals surface area contributed by atoms with Crippen molar-refractivity contribution in [2.24, 2.45) is 0 Å². The first-order chi connectivity index (χ1) is 17.8. The lowest BCUT2D eigenvalue weighted by Crippen LogP contribution is -2.45. The van der Waals surface area contributed by atoms with Gasteiger partial charge in [-0.25, -0.2) is 9.78 Å². The number of carbonyl (C=O) groups excluding carboxylic acids is 1. The van der Waals surface area contributed by atoms with Crippen LogP contribution >= 0.6 is 0 Å². The maximum absolute atomic E-state index is 13.0. The number of nitrogens with one attached hydrogen (secondary N) is 1. The summed E-state index contributed by atoms with van der Waals surface area (Å²) in [5, 5.41) is 3.15. The zero-order valence-electron chi connectivity index (χ0n) is 21.7. The molecule has 0 radical (unpaired) electrons. The summed E-state index contributed by atoms with van der Waals surface area (Å²) in [7, 11) is 0. The highest BCUT2D eigenvalue weighted by molar-refractivity contribution is 5.89. The van der Waals surface area contributed by atoms with Crippen molar-refractivity contribution in [1.82, 2.24) is 19.9 Å². The average molecular weight is 531 g/mol. The van der Waals surface area contributed by atoms with Crippen molar-refractivity contribution in [3.05, 3.63) is 60.3 Å². The Bertz CT molecular complexity index is 1280. The lowest BCUT2D eigenvalue weighted by Gasteiger charge is -2.31. The van der Waals surface area contributed by atoms with Gasteiger partial charge in [0.25, 0.3) is 0 Å². The zero-order chi connectivity index (χ0) is 27.7. The maximum atomic E-state index is 13.0. The normalized spacial score (nSPS) is 17.7. The first kappa shape index (κ1) is 27.2. The smallest absolute Gasteiger partial charge is 0.433 e. The number of hydrogen-bond donors (Lipinski definition) is 1. The highest BCUT2D eigenvalue weighted by atomic mass is 19.4. The third kappa shape index (κ3) is 6.36. The van der Waals surface area contributed by atoms with Crippen LogP contribution in [0.2, 0.25) is 0 Å². The largest absolute Gasteiger partial charge is 0.447 e.